The van der Waals surface area contributed by atoms with Gasteiger partial charge >= 0.3 is 5.97 Å². The van der Waals surface area contributed by atoms with Gasteiger partial charge in [0.2, 0.25) is 0 Å². The van der Waals surface area contributed by atoms with Gasteiger partial charge in [-0.3, -0.25) is 10.5 Å². The number of hydrogen-bond donors (Lipinski definition) is 2. The van der Waals surface area contributed by atoms with E-state index in [4.69, 9.17) is 15.6 Å². The van der Waals surface area contributed by atoms with Gasteiger partial charge in [-0.2, -0.15) is 0 Å². The summed E-state index contributed by atoms with van der Waals surface area (Å²) < 4.78 is 33.8. The van der Waals surface area contributed by atoms with Crippen LogP contribution < -0.4 is 10.5 Å². The SMILES string of the molecule is CC1CC(COc2ccc(CCC(=O)O)c(C(C)(N)F)c2)=C(c2ccc(F)cc2)C1. The molecule has 0 spiro atoms. The summed E-state index contributed by atoms with van der Waals surface area (Å²) in [6.45, 7) is 3.75. The van der Waals surface area contributed by atoms with Gasteiger partial charge in [0.15, 0.2) is 5.79 Å². The van der Waals surface area contributed by atoms with Crippen LogP contribution in [0.2, 0.25) is 0 Å². The average molecular weight is 415 g/mol. The Bertz CT molecular complexity index is 946. The molecule has 0 aromatic heterocycles. The Hall–Kier alpha value is -2.73. The van der Waals surface area contributed by atoms with Crippen LogP contribution in [0, 0.1) is 11.7 Å². The molecular weight excluding hydrogens is 388 g/mol. The number of alkyl halides is 1. The zero-order valence-electron chi connectivity index (χ0n) is 17.3. The Morgan fingerprint density at radius 3 is 2.57 bits per heavy atom. The van der Waals surface area contributed by atoms with Crippen LogP contribution in [0.4, 0.5) is 8.78 Å². The number of halogens is 2. The second kappa shape index (κ2) is 8.96. The molecule has 160 valence electrons. The van der Waals surface area contributed by atoms with Gasteiger partial charge in [0.05, 0.1) is 0 Å². The minimum atomic E-state index is -2.10. The van der Waals surface area contributed by atoms with Crippen molar-refractivity contribution in [1.29, 1.82) is 0 Å². The third-order valence-corrected chi connectivity index (χ3v) is 5.40. The van der Waals surface area contributed by atoms with E-state index in [1.165, 1.54) is 19.1 Å². The first-order chi connectivity index (χ1) is 14.1. The van der Waals surface area contributed by atoms with E-state index in [0.29, 0.717) is 23.8 Å². The summed E-state index contributed by atoms with van der Waals surface area (Å²) >= 11 is 0. The van der Waals surface area contributed by atoms with Crippen LogP contribution in [0.3, 0.4) is 0 Å². The van der Waals surface area contributed by atoms with Gasteiger partial charge in [-0.1, -0.05) is 25.1 Å². The van der Waals surface area contributed by atoms with Crippen LogP contribution in [0.5, 0.6) is 5.75 Å². The molecule has 0 aliphatic heterocycles. The number of allylic oxidation sites excluding steroid dienone is 1. The van der Waals surface area contributed by atoms with Crippen molar-refractivity contribution in [2.75, 3.05) is 6.61 Å². The number of aliphatic carboxylic acids is 1. The minimum absolute atomic E-state index is 0.102. The molecule has 3 N–H and O–H groups in total. The zero-order chi connectivity index (χ0) is 21.9. The molecule has 0 heterocycles. The highest BCUT2D eigenvalue weighted by atomic mass is 19.1. The number of aryl methyl sites for hydroxylation is 1. The van der Waals surface area contributed by atoms with Gasteiger partial charge in [-0.25, -0.2) is 8.78 Å². The van der Waals surface area contributed by atoms with Gasteiger partial charge in [0.25, 0.3) is 0 Å². The summed E-state index contributed by atoms with van der Waals surface area (Å²) in [6, 6.07) is 11.4. The van der Waals surface area contributed by atoms with Crippen LogP contribution in [0.25, 0.3) is 5.57 Å². The molecule has 2 aromatic carbocycles. The van der Waals surface area contributed by atoms with Crippen LogP contribution in [-0.4, -0.2) is 17.7 Å². The molecule has 2 atom stereocenters. The van der Waals surface area contributed by atoms with Gasteiger partial charge in [-0.05, 0) is 78.6 Å². The second-order valence-electron chi connectivity index (χ2n) is 8.18. The Kier molecular flexibility index (Phi) is 6.56. The topological polar surface area (TPSA) is 72.5 Å². The highest BCUT2D eigenvalue weighted by Crippen LogP contribution is 2.38. The largest absolute Gasteiger partial charge is 0.489 e. The van der Waals surface area contributed by atoms with E-state index in [9.17, 15) is 13.6 Å². The van der Waals surface area contributed by atoms with Crippen molar-refractivity contribution >= 4 is 11.5 Å². The fraction of sp³-hybridized carbons (Fsp3) is 0.375. The van der Waals surface area contributed by atoms with Crippen molar-refractivity contribution < 1.29 is 23.4 Å². The van der Waals surface area contributed by atoms with Gasteiger partial charge < -0.3 is 9.84 Å². The summed E-state index contributed by atoms with van der Waals surface area (Å²) in [5, 5.41) is 8.91. The lowest BCUT2D eigenvalue weighted by atomic mass is 9.96. The first-order valence-electron chi connectivity index (χ1n) is 10.1. The van der Waals surface area contributed by atoms with Gasteiger partial charge in [0.1, 0.15) is 18.2 Å². The molecule has 0 fully saturated rings. The minimum Gasteiger partial charge on any atom is -0.489 e. The van der Waals surface area contributed by atoms with E-state index >= 15 is 0 Å². The summed E-state index contributed by atoms with van der Waals surface area (Å²) in [5.74, 6) is -2.38. The molecule has 1 aliphatic rings. The van der Waals surface area contributed by atoms with Crippen molar-refractivity contribution in [3.05, 3.63) is 70.5 Å². The van der Waals surface area contributed by atoms with Gasteiger partial charge in [-0.15, -0.1) is 0 Å². The Morgan fingerprint density at radius 1 is 1.23 bits per heavy atom. The third-order valence-electron chi connectivity index (χ3n) is 5.40. The van der Waals surface area contributed by atoms with E-state index in [1.54, 1.807) is 30.3 Å². The molecular formula is C24H27F2NO3. The smallest absolute Gasteiger partial charge is 0.303 e. The predicted molar refractivity (Wildman–Crippen MR) is 112 cm³/mol. The molecule has 0 amide bonds. The molecule has 2 aromatic rings. The van der Waals surface area contributed by atoms with E-state index < -0.39 is 11.8 Å². The number of hydrogen-bond acceptors (Lipinski definition) is 3. The second-order valence-corrected chi connectivity index (χ2v) is 8.18. The summed E-state index contributed by atoms with van der Waals surface area (Å²) in [5.41, 5.74) is 9.74. The summed E-state index contributed by atoms with van der Waals surface area (Å²) in [4.78, 5) is 10.9. The van der Waals surface area contributed by atoms with E-state index in [2.05, 4.69) is 6.92 Å². The fourth-order valence-corrected chi connectivity index (χ4v) is 3.96. The standard InChI is InChI=1S/C24H27F2NO3/c1-15-11-18(21(12-15)16-3-7-19(25)8-4-16)14-30-20-9-5-17(6-10-23(28)29)22(13-20)24(2,26)27/h3-5,7-9,13,15H,6,10-12,14,27H2,1-2H3,(H,28,29). The molecule has 0 radical (unpaired) electrons. The van der Waals surface area contributed by atoms with Crippen molar-refractivity contribution in [3.63, 3.8) is 0 Å². The molecule has 1 aliphatic carbocycles. The Morgan fingerprint density at radius 2 is 1.93 bits per heavy atom. The third kappa shape index (κ3) is 5.45. The number of benzene rings is 2. The van der Waals surface area contributed by atoms with E-state index in [-0.39, 0.29) is 24.2 Å². The van der Waals surface area contributed by atoms with E-state index in [1.807, 2.05) is 0 Å². The maximum absolute atomic E-state index is 14.5. The number of carboxylic acids is 1. The fourth-order valence-electron chi connectivity index (χ4n) is 3.96. The van der Waals surface area contributed by atoms with E-state index in [0.717, 1.165) is 29.6 Å². The molecule has 2 unspecified atom stereocenters. The predicted octanol–water partition coefficient (Wildman–Crippen LogP) is 5.21. The maximum Gasteiger partial charge on any atom is 0.303 e. The highest BCUT2D eigenvalue weighted by Gasteiger charge is 2.25. The molecule has 0 bridgehead atoms. The lowest BCUT2D eigenvalue weighted by Crippen LogP contribution is -2.28. The lowest BCUT2D eigenvalue weighted by molar-refractivity contribution is -0.136. The molecule has 0 saturated carbocycles. The van der Waals surface area contributed by atoms with Crippen LogP contribution in [-0.2, 0) is 17.0 Å². The zero-order valence-corrected chi connectivity index (χ0v) is 17.3. The first kappa shape index (κ1) is 22.0. The number of carboxylic acid groups (broad SMARTS) is 1. The molecule has 4 nitrogen and oxygen atoms in total. The van der Waals surface area contributed by atoms with Crippen molar-refractivity contribution in [2.24, 2.45) is 11.7 Å². The molecule has 3 rings (SSSR count). The summed E-state index contributed by atoms with van der Waals surface area (Å²) in [6.07, 6.45) is 1.87. The number of ether oxygens (including phenoxy) is 1. The molecule has 30 heavy (non-hydrogen) atoms. The van der Waals surface area contributed by atoms with Crippen molar-refractivity contribution in [3.8, 4) is 5.75 Å². The summed E-state index contributed by atoms with van der Waals surface area (Å²) in [7, 11) is 0. The average Bonchev–Trinajstić information content (AvgIpc) is 3.05. The Labute approximate surface area is 175 Å². The quantitative estimate of drug-likeness (QED) is 0.581. The van der Waals surface area contributed by atoms with Crippen LogP contribution in [0.1, 0.15) is 49.8 Å². The number of nitrogens with two attached hydrogens (primary N) is 1. The van der Waals surface area contributed by atoms with Crippen molar-refractivity contribution in [2.45, 2.75) is 45.3 Å². The van der Waals surface area contributed by atoms with Crippen LogP contribution >= 0.6 is 0 Å². The molecule has 6 heteroatoms. The Balaban J connectivity index is 1.80. The molecule has 0 saturated heterocycles. The first-order valence-corrected chi connectivity index (χ1v) is 10.1. The maximum atomic E-state index is 14.5. The van der Waals surface area contributed by atoms with Crippen molar-refractivity contribution in [1.82, 2.24) is 0 Å². The number of rotatable bonds is 8. The highest BCUT2D eigenvalue weighted by molar-refractivity contribution is 5.71. The van der Waals surface area contributed by atoms with Gasteiger partial charge in [0, 0.05) is 12.0 Å². The lowest BCUT2D eigenvalue weighted by Gasteiger charge is -2.20. The normalized spacial score (nSPS) is 18.4. The van der Waals surface area contributed by atoms with Crippen LogP contribution in [0.15, 0.2) is 48.0 Å². The monoisotopic (exact) mass is 415 g/mol. The number of carbonyl (C=O) groups is 1.